The number of hydrogen-bond donors (Lipinski definition) is 0. The van der Waals surface area contributed by atoms with Crippen molar-refractivity contribution in [3.8, 4) is 0 Å². The van der Waals surface area contributed by atoms with Crippen molar-refractivity contribution in [1.29, 1.82) is 0 Å². The first-order valence-corrected chi connectivity index (χ1v) is 5.24. The minimum atomic E-state index is -0.327. The Morgan fingerprint density at radius 2 is 2.09 bits per heavy atom. The molecule has 1 unspecified atom stereocenters. The van der Waals surface area contributed by atoms with Gasteiger partial charge in [-0.2, -0.15) is 0 Å². The van der Waals surface area contributed by atoms with Crippen molar-refractivity contribution in [1.82, 2.24) is 0 Å². The summed E-state index contributed by atoms with van der Waals surface area (Å²) in [5.41, 5.74) is 0. The molecule has 0 fully saturated rings. The summed E-state index contributed by atoms with van der Waals surface area (Å²) in [6.45, 7) is 2.16. The van der Waals surface area contributed by atoms with Crippen molar-refractivity contribution in [2.45, 2.75) is 44.4 Å². The van der Waals surface area contributed by atoms with Gasteiger partial charge in [0.25, 0.3) is 0 Å². The van der Waals surface area contributed by atoms with Crippen molar-refractivity contribution in [2.75, 3.05) is 0 Å². The molecule has 11 heavy (non-hydrogen) atoms. The highest BCUT2D eigenvalue weighted by Gasteiger charge is 2.10. The highest BCUT2D eigenvalue weighted by atomic mass is 79.9. The molecule has 0 aromatic heterocycles. The van der Waals surface area contributed by atoms with E-state index < -0.39 is 0 Å². The molecule has 0 saturated carbocycles. The largest absolute Gasteiger partial charge is 0.285 e. The lowest BCUT2D eigenvalue weighted by atomic mass is 10.1. The third-order valence-corrected chi connectivity index (χ3v) is 2.79. The fourth-order valence-corrected chi connectivity index (χ4v) is 1.25. The van der Waals surface area contributed by atoms with Crippen molar-refractivity contribution in [2.24, 2.45) is 0 Å². The zero-order valence-corrected chi connectivity index (χ0v) is 9.12. The van der Waals surface area contributed by atoms with Crippen LogP contribution in [0.25, 0.3) is 0 Å². The van der Waals surface area contributed by atoms with E-state index in [-0.39, 0.29) is 10.1 Å². The molecule has 0 saturated heterocycles. The Bertz CT molecular complexity index is 117. The van der Waals surface area contributed by atoms with E-state index in [1.54, 1.807) is 0 Å². The van der Waals surface area contributed by atoms with Gasteiger partial charge < -0.3 is 0 Å². The Labute approximate surface area is 81.6 Å². The van der Waals surface area contributed by atoms with Crippen molar-refractivity contribution < 1.29 is 4.79 Å². The van der Waals surface area contributed by atoms with E-state index in [9.17, 15) is 4.79 Å². The first kappa shape index (κ1) is 11.4. The average Bonchev–Trinajstić information content (AvgIpc) is 1.97. The summed E-state index contributed by atoms with van der Waals surface area (Å²) in [7, 11) is 0. The fourth-order valence-electron chi connectivity index (χ4n) is 0.864. The minimum Gasteiger partial charge on any atom is -0.285 e. The normalized spacial score (nSPS) is 13.0. The average molecular weight is 242 g/mol. The van der Waals surface area contributed by atoms with Gasteiger partial charge in [0, 0.05) is 0 Å². The van der Waals surface area contributed by atoms with Crippen molar-refractivity contribution in [3.05, 3.63) is 0 Å². The Morgan fingerprint density at radius 3 is 2.55 bits per heavy atom. The van der Waals surface area contributed by atoms with Gasteiger partial charge in [-0.3, -0.25) is 4.79 Å². The van der Waals surface area contributed by atoms with Gasteiger partial charge in [0.15, 0.2) is 0 Å². The Morgan fingerprint density at radius 1 is 1.45 bits per heavy atom. The number of hydrogen-bond acceptors (Lipinski definition) is 1. The molecule has 0 amide bonds. The quantitative estimate of drug-likeness (QED) is 0.395. The summed E-state index contributed by atoms with van der Waals surface area (Å²) >= 11 is 8.54. The number of carbonyl (C=O) groups is 1. The van der Waals surface area contributed by atoms with Crippen LogP contribution < -0.4 is 0 Å². The second kappa shape index (κ2) is 7.11. The van der Waals surface area contributed by atoms with E-state index in [1.165, 1.54) is 19.3 Å². The van der Waals surface area contributed by atoms with Gasteiger partial charge in [-0.1, -0.05) is 32.6 Å². The third kappa shape index (κ3) is 6.82. The number of alkyl halides is 1. The first-order valence-electron chi connectivity index (χ1n) is 4.02. The van der Waals surface area contributed by atoms with Gasteiger partial charge in [0.05, 0.1) is 0 Å². The molecule has 0 aromatic carbocycles. The van der Waals surface area contributed by atoms with E-state index in [0.717, 1.165) is 12.8 Å². The van der Waals surface area contributed by atoms with E-state index in [4.69, 9.17) is 11.6 Å². The molecule has 0 heterocycles. The van der Waals surface area contributed by atoms with Gasteiger partial charge in [-0.05, 0) is 22.4 Å². The second-order valence-electron chi connectivity index (χ2n) is 2.62. The molecule has 66 valence electrons. The molecule has 0 aliphatic carbocycles. The lowest BCUT2D eigenvalue weighted by molar-refractivity contribution is -0.110. The summed E-state index contributed by atoms with van der Waals surface area (Å²) in [6, 6.07) is 0. The van der Waals surface area contributed by atoms with E-state index in [2.05, 4.69) is 22.9 Å². The number of rotatable bonds is 6. The van der Waals surface area contributed by atoms with Gasteiger partial charge in [-0.25, -0.2) is 0 Å². The maximum absolute atomic E-state index is 10.6. The monoisotopic (exact) mass is 240 g/mol. The fraction of sp³-hybridized carbons (Fsp3) is 0.875. The van der Waals surface area contributed by atoms with Gasteiger partial charge in [0.1, 0.15) is 5.38 Å². The second-order valence-corrected chi connectivity index (χ2v) is 3.93. The molecule has 1 atom stereocenters. The molecule has 0 aliphatic heterocycles. The van der Waals surface area contributed by atoms with Crippen LogP contribution in [0.2, 0.25) is 0 Å². The van der Waals surface area contributed by atoms with Gasteiger partial charge >= 0.3 is 0 Å². The van der Waals surface area contributed by atoms with E-state index in [0.29, 0.717) is 0 Å². The summed E-state index contributed by atoms with van der Waals surface area (Å²) in [5.74, 6) is 0. The lowest BCUT2D eigenvalue weighted by Gasteiger charge is -2.02. The van der Waals surface area contributed by atoms with Crippen LogP contribution in [0.1, 0.15) is 39.0 Å². The van der Waals surface area contributed by atoms with E-state index >= 15 is 0 Å². The maximum atomic E-state index is 10.6. The SMILES string of the molecule is CCCCCCC(Cl)C(=O)Br. The molecular weight excluding hydrogens is 227 g/mol. The molecular formula is C8H14BrClO. The van der Waals surface area contributed by atoms with Crippen LogP contribution in [0.3, 0.4) is 0 Å². The van der Waals surface area contributed by atoms with Crippen molar-refractivity contribution >= 4 is 32.2 Å². The molecule has 0 bridgehead atoms. The topological polar surface area (TPSA) is 17.1 Å². The molecule has 0 aliphatic rings. The smallest absolute Gasteiger partial charge is 0.215 e. The molecule has 0 aromatic rings. The maximum Gasteiger partial charge on any atom is 0.215 e. The minimum absolute atomic E-state index is 0.0873. The molecule has 1 nitrogen and oxygen atoms in total. The highest BCUT2D eigenvalue weighted by Crippen LogP contribution is 2.13. The number of halogens is 2. The predicted octanol–water partition coefficient (Wildman–Crippen LogP) is 3.49. The third-order valence-electron chi connectivity index (χ3n) is 1.56. The van der Waals surface area contributed by atoms with Crippen LogP contribution >= 0.6 is 27.5 Å². The Kier molecular flexibility index (Phi) is 7.39. The zero-order chi connectivity index (χ0) is 8.69. The Hall–Kier alpha value is 0.440. The van der Waals surface area contributed by atoms with Crippen LogP contribution in [0.5, 0.6) is 0 Å². The first-order chi connectivity index (χ1) is 5.18. The molecule has 0 rings (SSSR count). The van der Waals surface area contributed by atoms with Crippen LogP contribution in [0, 0.1) is 0 Å². The molecule has 0 radical (unpaired) electrons. The Balaban J connectivity index is 3.17. The summed E-state index contributed by atoms with van der Waals surface area (Å²) < 4.78 is -0.0873. The van der Waals surface area contributed by atoms with Crippen LogP contribution in [0.4, 0.5) is 0 Å². The summed E-state index contributed by atoms with van der Waals surface area (Å²) in [6.07, 6.45) is 5.49. The number of carbonyl (C=O) groups excluding carboxylic acids is 1. The van der Waals surface area contributed by atoms with Crippen LogP contribution in [0.15, 0.2) is 0 Å². The van der Waals surface area contributed by atoms with Gasteiger partial charge in [0.2, 0.25) is 4.69 Å². The zero-order valence-electron chi connectivity index (χ0n) is 6.78. The van der Waals surface area contributed by atoms with Crippen molar-refractivity contribution in [3.63, 3.8) is 0 Å². The highest BCUT2D eigenvalue weighted by molar-refractivity contribution is 9.18. The molecule has 0 N–H and O–H groups in total. The van der Waals surface area contributed by atoms with Crippen LogP contribution in [-0.4, -0.2) is 10.1 Å². The van der Waals surface area contributed by atoms with E-state index in [1.807, 2.05) is 0 Å². The predicted molar refractivity (Wildman–Crippen MR) is 52.3 cm³/mol. The van der Waals surface area contributed by atoms with Gasteiger partial charge in [-0.15, -0.1) is 11.6 Å². The standard InChI is InChI=1S/C8H14BrClO/c1-2-3-4-5-6-7(10)8(9)11/h7H,2-6H2,1H3. The summed E-state index contributed by atoms with van der Waals surface area (Å²) in [5, 5.41) is -0.327. The lowest BCUT2D eigenvalue weighted by Crippen LogP contribution is -2.06. The summed E-state index contributed by atoms with van der Waals surface area (Å²) in [4.78, 5) is 10.6. The molecule has 0 spiro atoms. The molecule has 3 heteroatoms. The van der Waals surface area contributed by atoms with Crippen LogP contribution in [-0.2, 0) is 4.79 Å². The number of unbranched alkanes of at least 4 members (excludes halogenated alkanes) is 3.